The highest BCUT2D eigenvalue weighted by molar-refractivity contribution is 5.74. The molecule has 0 amide bonds. The van der Waals surface area contributed by atoms with E-state index < -0.39 is 0 Å². The first-order valence-electron chi connectivity index (χ1n) is 8.21. The number of methoxy groups -OCH3 is 2. The Labute approximate surface area is 153 Å². The van der Waals surface area contributed by atoms with Crippen LogP contribution in [0.2, 0.25) is 0 Å². The third-order valence-electron chi connectivity index (χ3n) is 3.63. The van der Waals surface area contributed by atoms with Crippen molar-refractivity contribution in [2.75, 3.05) is 20.8 Å². The van der Waals surface area contributed by atoms with Gasteiger partial charge in [-0.15, -0.1) is 0 Å². The van der Waals surface area contributed by atoms with Crippen molar-refractivity contribution in [1.29, 1.82) is 0 Å². The lowest BCUT2D eigenvalue weighted by atomic mass is 10.1. The first-order valence-corrected chi connectivity index (χ1v) is 8.21. The predicted octanol–water partition coefficient (Wildman–Crippen LogP) is 3.21. The van der Waals surface area contributed by atoms with Gasteiger partial charge < -0.3 is 14.2 Å². The molecule has 5 nitrogen and oxygen atoms in total. The van der Waals surface area contributed by atoms with Crippen LogP contribution in [0, 0.1) is 0 Å². The van der Waals surface area contributed by atoms with Crippen molar-refractivity contribution in [2.45, 2.75) is 12.8 Å². The Morgan fingerprint density at radius 2 is 1.46 bits per heavy atom. The van der Waals surface area contributed by atoms with Crippen molar-refractivity contribution in [2.24, 2.45) is 0 Å². The number of carbonyl (C=O) groups is 2. The van der Waals surface area contributed by atoms with Crippen molar-refractivity contribution < 1.29 is 23.8 Å². The Kier molecular flexibility index (Phi) is 7.43. The molecule has 0 atom stereocenters. The van der Waals surface area contributed by atoms with Crippen molar-refractivity contribution in [3.8, 4) is 5.75 Å². The summed E-state index contributed by atoms with van der Waals surface area (Å²) in [7, 11) is 2.68. The van der Waals surface area contributed by atoms with Gasteiger partial charge >= 0.3 is 11.9 Å². The molecule has 0 unspecified atom stereocenters. The summed E-state index contributed by atoms with van der Waals surface area (Å²) in [6.45, 7) is 0.369. The van der Waals surface area contributed by atoms with E-state index >= 15 is 0 Å². The number of benzene rings is 2. The van der Waals surface area contributed by atoms with Crippen LogP contribution in [0.5, 0.6) is 5.75 Å². The van der Waals surface area contributed by atoms with E-state index in [0.29, 0.717) is 12.4 Å². The Hall–Kier alpha value is -3.08. The monoisotopic (exact) mass is 354 g/mol. The fourth-order valence-electron chi connectivity index (χ4n) is 2.39. The minimum atomic E-state index is -0.352. The number of hydrogen-bond donors (Lipinski definition) is 0. The Morgan fingerprint density at radius 3 is 2.00 bits per heavy atom. The maximum atomic E-state index is 11.5. The molecule has 0 saturated heterocycles. The standard InChI is InChI=1S/C21H22O5/c1-24-20(22)14-17-11-18(15-21(23)25-2)13-19(12-17)26-10-6-9-16-7-4-3-5-8-16/h3-9,11-13H,10,14-15H2,1-2H3. The SMILES string of the molecule is COC(=O)Cc1cc(CC(=O)OC)cc(OCC=Cc2ccccc2)c1. The number of rotatable bonds is 8. The third-order valence-corrected chi connectivity index (χ3v) is 3.63. The molecular weight excluding hydrogens is 332 g/mol. The lowest BCUT2D eigenvalue weighted by molar-refractivity contribution is -0.140. The lowest BCUT2D eigenvalue weighted by Gasteiger charge is -2.10. The van der Waals surface area contributed by atoms with Crippen molar-refractivity contribution in [3.05, 3.63) is 71.3 Å². The zero-order valence-electron chi connectivity index (χ0n) is 14.9. The maximum absolute atomic E-state index is 11.5. The largest absolute Gasteiger partial charge is 0.490 e. The van der Waals surface area contributed by atoms with Crippen LogP contribution in [-0.2, 0) is 31.9 Å². The fourth-order valence-corrected chi connectivity index (χ4v) is 2.39. The van der Waals surface area contributed by atoms with E-state index in [-0.39, 0.29) is 24.8 Å². The lowest BCUT2D eigenvalue weighted by Crippen LogP contribution is -2.08. The van der Waals surface area contributed by atoms with Crippen LogP contribution >= 0.6 is 0 Å². The highest BCUT2D eigenvalue weighted by Crippen LogP contribution is 2.19. The maximum Gasteiger partial charge on any atom is 0.309 e. The zero-order valence-corrected chi connectivity index (χ0v) is 14.9. The first-order chi connectivity index (χ1) is 12.6. The zero-order chi connectivity index (χ0) is 18.8. The van der Waals surface area contributed by atoms with Crippen LogP contribution < -0.4 is 4.74 Å². The van der Waals surface area contributed by atoms with Gasteiger partial charge in [-0.05, 0) is 34.9 Å². The number of esters is 2. The Morgan fingerprint density at radius 1 is 0.885 bits per heavy atom. The second-order valence-electron chi connectivity index (χ2n) is 5.62. The number of carbonyl (C=O) groups excluding carboxylic acids is 2. The van der Waals surface area contributed by atoms with E-state index in [1.54, 1.807) is 18.2 Å². The van der Waals surface area contributed by atoms with Crippen LogP contribution in [0.4, 0.5) is 0 Å². The predicted molar refractivity (Wildman–Crippen MR) is 98.9 cm³/mol. The average molecular weight is 354 g/mol. The summed E-state index contributed by atoms with van der Waals surface area (Å²) in [5, 5.41) is 0. The first kappa shape index (κ1) is 19.2. The van der Waals surface area contributed by atoms with Gasteiger partial charge in [0.05, 0.1) is 27.1 Å². The van der Waals surface area contributed by atoms with Gasteiger partial charge in [0.25, 0.3) is 0 Å². The molecular formula is C21H22O5. The summed E-state index contributed by atoms with van der Waals surface area (Å²) in [4.78, 5) is 23.1. The molecule has 0 aliphatic heterocycles. The van der Waals surface area contributed by atoms with Crippen LogP contribution in [-0.4, -0.2) is 32.8 Å². The molecule has 0 spiro atoms. The van der Waals surface area contributed by atoms with Gasteiger partial charge in [0.15, 0.2) is 0 Å². The number of hydrogen-bond acceptors (Lipinski definition) is 5. The van der Waals surface area contributed by atoms with E-state index in [0.717, 1.165) is 16.7 Å². The molecule has 5 heteroatoms. The summed E-state index contributed by atoms with van der Waals surface area (Å²) in [5.41, 5.74) is 2.53. The summed E-state index contributed by atoms with van der Waals surface area (Å²) in [5.74, 6) is -0.117. The molecule has 0 heterocycles. The molecule has 0 fully saturated rings. The molecule has 0 bridgehead atoms. The smallest absolute Gasteiger partial charge is 0.309 e. The molecule has 0 aromatic heterocycles. The van der Waals surface area contributed by atoms with Gasteiger partial charge in [-0.25, -0.2) is 0 Å². The second-order valence-corrected chi connectivity index (χ2v) is 5.62. The quantitative estimate of drug-likeness (QED) is 0.681. The molecule has 2 rings (SSSR count). The van der Waals surface area contributed by atoms with Crippen molar-refractivity contribution in [3.63, 3.8) is 0 Å². The Bertz CT molecular complexity index is 729. The van der Waals surface area contributed by atoms with E-state index in [2.05, 4.69) is 0 Å². The third kappa shape index (κ3) is 6.43. The minimum Gasteiger partial charge on any atom is -0.490 e. The number of ether oxygens (including phenoxy) is 3. The van der Waals surface area contributed by atoms with Gasteiger partial charge in [0.2, 0.25) is 0 Å². The molecule has 2 aromatic rings. The van der Waals surface area contributed by atoms with E-state index in [9.17, 15) is 9.59 Å². The van der Waals surface area contributed by atoms with Gasteiger partial charge in [-0.3, -0.25) is 9.59 Å². The van der Waals surface area contributed by atoms with Gasteiger partial charge in [0, 0.05) is 0 Å². The van der Waals surface area contributed by atoms with E-state index in [1.807, 2.05) is 42.5 Å². The van der Waals surface area contributed by atoms with Gasteiger partial charge in [-0.1, -0.05) is 42.5 Å². The van der Waals surface area contributed by atoms with Gasteiger partial charge in [-0.2, -0.15) is 0 Å². The van der Waals surface area contributed by atoms with Crippen molar-refractivity contribution >= 4 is 18.0 Å². The van der Waals surface area contributed by atoms with Crippen LogP contribution in [0.1, 0.15) is 16.7 Å². The van der Waals surface area contributed by atoms with Crippen LogP contribution in [0.3, 0.4) is 0 Å². The minimum absolute atomic E-state index is 0.113. The molecule has 0 N–H and O–H groups in total. The molecule has 0 saturated carbocycles. The van der Waals surface area contributed by atoms with Gasteiger partial charge in [0.1, 0.15) is 12.4 Å². The summed E-state index contributed by atoms with van der Waals surface area (Å²) in [6, 6.07) is 15.2. The van der Waals surface area contributed by atoms with E-state index in [4.69, 9.17) is 14.2 Å². The average Bonchev–Trinajstić information content (AvgIpc) is 2.65. The van der Waals surface area contributed by atoms with Crippen LogP contribution in [0.25, 0.3) is 6.08 Å². The second kappa shape index (κ2) is 10.0. The topological polar surface area (TPSA) is 61.8 Å². The Balaban J connectivity index is 2.08. The molecule has 0 aliphatic carbocycles. The van der Waals surface area contributed by atoms with Crippen molar-refractivity contribution in [1.82, 2.24) is 0 Å². The summed E-state index contributed by atoms with van der Waals surface area (Å²) < 4.78 is 15.2. The fraction of sp³-hybridized carbons (Fsp3) is 0.238. The molecule has 26 heavy (non-hydrogen) atoms. The normalized spacial score (nSPS) is 10.5. The molecule has 136 valence electrons. The molecule has 0 radical (unpaired) electrons. The van der Waals surface area contributed by atoms with E-state index in [1.165, 1.54) is 14.2 Å². The highest BCUT2D eigenvalue weighted by Gasteiger charge is 2.10. The highest BCUT2D eigenvalue weighted by atomic mass is 16.5. The molecule has 0 aliphatic rings. The van der Waals surface area contributed by atoms with Crippen LogP contribution in [0.15, 0.2) is 54.6 Å². The summed E-state index contributed by atoms with van der Waals surface area (Å²) >= 11 is 0. The summed E-state index contributed by atoms with van der Waals surface area (Å²) in [6.07, 6.45) is 4.10. The molecule has 2 aromatic carbocycles.